The molecular formula is C17H26N2OS. The molecular weight excluding hydrogens is 280 g/mol. The van der Waals surface area contributed by atoms with Crippen molar-refractivity contribution in [2.45, 2.75) is 56.2 Å². The fourth-order valence-corrected chi connectivity index (χ4v) is 3.82. The van der Waals surface area contributed by atoms with Crippen molar-refractivity contribution >= 4 is 23.4 Å². The van der Waals surface area contributed by atoms with E-state index in [9.17, 15) is 4.79 Å². The molecule has 3 nitrogen and oxygen atoms in total. The summed E-state index contributed by atoms with van der Waals surface area (Å²) < 4.78 is 0. The molecule has 21 heavy (non-hydrogen) atoms. The molecule has 1 fully saturated rings. The second kappa shape index (κ2) is 7.74. The van der Waals surface area contributed by atoms with Gasteiger partial charge in [-0.1, -0.05) is 25.5 Å². The van der Waals surface area contributed by atoms with Crippen LogP contribution in [0.2, 0.25) is 0 Å². The van der Waals surface area contributed by atoms with Gasteiger partial charge in [-0.2, -0.15) is 11.8 Å². The van der Waals surface area contributed by atoms with Crippen molar-refractivity contribution in [2.24, 2.45) is 0 Å². The Balaban J connectivity index is 1.82. The second-order valence-corrected chi connectivity index (χ2v) is 7.20. The van der Waals surface area contributed by atoms with Gasteiger partial charge in [0.1, 0.15) is 0 Å². The van der Waals surface area contributed by atoms with Crippen molar-refractivity contribution in [2.75, 3.05) is 12.0 Å². The van der Waals surface area contributed by atoms with Gasteiger partial charge >= 0.3 is 0 Å². The minimum Gasteiger partial charge on any atom is -0.399 e. The first kappa shape index (κ1) is 16.2. The van der Waals surface area contributed by atoms with Crippen LogP contribution in [-0.2, 0) is 4.79 Å². The quantitative estimate of drug-likeness (QED) is 0.818. The third kappa shape index (κ3) is 4.95. The standard InChI is InChI=1S/C17H26N2OS/c1-12(13-6-8-14(18)9-7-13)10-17(20)19-15-4-3-5-16(11-15)21-2/h6-9,12,15-16H,3-5,10-11,18H2,1-2H3,(H,19,20). The summed E-state index contributed by atoms with van der Waals surface area (Å²) in [5.41, 5.74) is 7.63. The van der Waals surface area contributed by atoms with Crippen molar-refractivity contribution in [1.29, 1.82) is 0 Å². The minimum absolute atomic E-state index is 0.172. The summed E-state index contributed by atoms with van der Waals surface area (Å²) in [4.78, 5) is 12.2. The lowest BCUT2D eigenvalue weighted by Crippen LogP contribution is -2.39. The van der Waals surface area contributed by atoms with Crippen LogP contribution in [-0.4, -0.2) is 23.5 Å². The number of hydrogen-bond acceptors (Lipinski definition) is 3. The average molecular weight is 306 g/mol. The van der Waals surface area contributed by atoms with E-state index >= 15 is 0 Å². The predicted molar refractivity (Wildman–Crippen MR) is 91.6 cm³/mol. The minimum atomic E-state index is 0.172. The van der Waals surface area contributed by atoms with Gasteiger partial charge in [0.05, 0.1) is 0 Å². The number of nitrogens with one attached hydrogen (secondary N) is 1. The van der Waals surface area contributed by atoms with Crippen molar-refractivity contribution in [3.05, 3.63) is 29.8 Å². The van der Waals surface area contributed by atoms with Gasteiger partial charge in [0, 0.05) is 23.4 Å². The van der Waals surface area contributed by atoms with Crippen LogP contribution in [0.3, 0.4) is 0 Å². The van der Waals surface area contributed by atoms with Gasteiger partial charge in [0.15, 0.2) is 0 Å². The summed E-state index contributed by atoms with van der Waals surface area (Å²) in [6, 6.07) is 8.18. The number of amides is 1. The van der Waals surface area contributed by atoms with Crippen LogP contribution in [0.4, 0.5) is 5.69 Å². The van der Waals surface area contributed by atoms with Gasteiger partial charge in [0.2, 0.25) is 5.91 Å². The van der Waals surface area contributed by atoms with Crippen LogP contribution in [0.5, 0.6) is 0 Å². The highest BCUT2D eigenvalue weighted by Gasteiger charge is 2.23. The first-order valence-corrected chi connectivity index (χ1v) is 9.05. The normalized spacial score (nSPS) is 23.5. The average Bonchev–Trinajstić information content (AvgIpc) is 2.47. The van der Waals surface area contributed by atoms with E-state index in [0.717, 1.165) is 18.5 Å². The molecule has 0 spiro atoms. The molecule has 0 radical (unpaired) electrons. The predicted octanol–water partition coefficient (Wildman–Crippen LogP) is 3.55. The molecule has 0 heterocycles. The van der Waals surface area contributed by atoms with Crippen LogP contribution in [0, 0.1) is 0 Å². The molecule has 1 aliphatic rings. The van der Waals surface area contributed by atoms with E-state index in [1.54, 1.807) is 0 Å². The molecule has 0 aliphatic heterocycles. The van der Waals surface area contributed by atoms with E-state index in [1.165, 1.54) is 18.4 Å². The molecule has 0 saturated heterocycles. The fourth-order valence-electron chi connectivity index (χ4n) is 3.00. The zero-order valence-electron chi connectivity index (χ0n) is 13.0. The second-order valence-electron chi connectivity index (χ2n) is 6.06. The topological polar surface area (TPSA) is 55.1 Å². The highest BCUT2D eigenvalue weighted by molar-refractivity contribution is 7.99. The zero-order chi connectivity index (χ0) is 15.2. The van der Waals surface area contributed by atoms with Crippen LogP contribution in [0.25, 0.3) is 0 Å². The summed E-state index contributed by atoms with van der Waals surface area (Å²) in [5.74, 6) is 0.400. The van der Waals surface area contributed by atoms with Gasteiger partial charge < -0.3 is 11.1 Å². The Morgan fingerprint density at radius 2 is 2.10 bits per heavy atom. The lowest BCUT2D eigenvalue weighted by Gasteiger charge is -2.29. The van der Waals surface area contributed by atoms with E-state index in [-0.39, 0.29) is 11.8 Å². The van der Waals surface area contributed by atoms with Crippen molar-refractivity contribution in [1.82, 2.24) is 5.32 Å². The third-order valence-electron chi connectivity index (χ3n) is 4.32. The molecule has 1 saturated carbocycles. The molecule has 1 aromatic rings. The SMILES string of the molecule is CSC1CCCC(NC(=O)CC(C)c2ccc(N)cc2)C1. The van der Waals surface area contributed by atoms with Crippen molar-refractivity contribution < 1.29 is 4.79 Å². The Morgan fingerprint density at radius 1 is 1.38 bits per heavy atom. The monoisotopic (exact) mass is 306 g/mol. The van der Waals surface area contributed by atoms with E-state index < -0.39 is 0 Å². The molecule has 3 unspecified atom stereocenters. The molecule has 3 atom stereocenters. The van der Waals surface area contributed by atoms with Crippen LogP contribution in [0.1, 0.15) is 50.5 Å². The summed E-state index contributed by atoms with van der Waals surface area (Å²) in [6.45, 7) is 2.09. The number of carbonyl (C=O) groups is 1. The summed E-state index contributed by atoms with van der Waals surface area (Å²) >= 11 is 1.93. The highest BCUT2D eigenvalue weighted by atomic mass is 32.2. The maximum atomic E-state index is 12.2. The van der Waals surface area contributed by atoms with E-state index in [4.69, 9.17) is 5.73 Å². The highest BCUT2D eigenvalue weighted by Crippen LogP contribution is 2.27. The molecule has 4 heteroatoms. The molecule has 2 rings (SSSR count). The Bertz CT molecular complexity index is 460. The van der Waals surface area contributed by atoms with E-state index in [2.05, 4.69) is 18.5 Å². The van der Waals surface area contributed by atoms with Crippen LogP contribution >= 0.6 is 11.8 Å². The molecule has 1 aliphatic carbocycles. The lowest BCUT2D eigenvalue weighted by molar-refractivity contribution is -0.122. The fraction of sp³-hybridized carbons (Fsp3) is 0.588. The van der Waals surface area contributed by atoms with Crippen LogP contribution < -0.4 is 11.1 Å². The summed E-state index contributed by atoms with van der Waals surface area (Å²) in [6.07, 6.45) is 7.46. The van der Waals surface area contributed by atoms with E-state index in [0.29, 0.717) is 17.7 Å². The molecule has 1 amide bonds. The molecule has 1 aromatic carbocycles. The molecule has 116 valence electrons. The van der Waals surface area contributed by atoms with Gasteiger partial charge in [0.25, 0.3) is 0 Å². The summed E-state index contributed by atoms with van der Waals surface area (Å²) in [7, 11) is 0. The van der Waals surface area contributed by atoms with Crippen molar-refractivity contribution in [3.63, 3.8) is 0 Å². The maximum absolute atomic E-state index is 12.2. The number of nitrogens with two attached hydrogens (primary N) is 1. The number of hydrogen-bond donors (Lipinski definition) is 2. The third-order valence-corrected chi connectivity index (χ3v) is 5.42. The van der Waals surface area contributed by atoms with Gasteiger partial charge in [-0.15, -0.1) is 0 Å². The zero-order valence-corrected chi connectivity index (χ0v) is 13.8. The largest absolute Gasteiger partial charge is 0.399 e. The maximum Gasteiger partial charge on any atom is 0.220 e. The number of anilines is 1. The number of carbonyl (C=O) groups excluding carboxylic acids is 1. The van der Waals surface area contributed by atoms with Gasteiger partial charge in [-0.05, 0) is 49.1 Å². The van der Waals surface area contributed by atoms with E-state index in [1.807, 2.05) is 36.0 Å². The van der Waals surface area contributed by atoms with Gasteiger partial charge in [-0.25, -0.2) is 0 Å². The first-order chi connectivity index (χ1) is 10.1. The Labute approximate surface area is 132 Å². The number of thioether (sulfide) groups is 1. The molecule has 0 aromatic heterocycles. The summed E-state index contributed by atoms with van der Waals surface area (Å²) in [5, 5.41) is 3.93. The Hall–Kier alpha value is -1.16. The Kier molecular flexibility index (Phi) is 5.97. The number of rotatable bonds is 5. The molecule has 0 bridgehead atoms. The Morgan fingerprint density at radius 3 is 2.76 bits per heavy atom. The van der Waals surface area contributed by atoms with Gasteiger partial charge in [-0.3, -0.25) is 4.79 Å². The smallest absolute Gasteiger partial charge is 0.220 e. The first-order valence-electron chi connectivity index (χ1n) is 7.76. The molecule has 3 N–H and O–H groups in total. The number of nitrogen functional groups attached to an aromatic ring is 1. The number of benzene rings is 1. The van der Waals surface area contributed by atoms with Crippen molar-refractivity contribution in [3.8, 4) is 0 Å². The van der Waals surface area contributed by atoms with Crippen LogP contribution in [0.15, 0.2) is 24.3 Å². The lowest BCUT2D eigenvalue weighted by atomic mass is 9.93.